The van der Waals surface area contributed by atoms with Crippen molar-refractivity contribution in [3.05, 3.63) is 34.9 Å². The van der Waals surface area contributed by atoms with Crippen molar-refractivity contribution >= 4 is 5.84 Å². The maximum Gasteiger partial charge on any atom is 0.140 e. The van der Waals surface area contributed by atoms with Crippen molar-refractivity contribution in [2.75, 3.05) is 19.7 Å². The van der Waals surface area contributed by atoms with Crippen LogP contribution in [-0.4, -0.2) is 25.5 Å². The second-order valence-electron chi connectivity index (χ2n) is 4.53. The molecule has 0 saturated heterocycles. The van der Waals surface area contributed by atoms with Gasteiger partial charge in [0.25, 0.3) is 0 Å². The summed E-state index contributed by atoms with van der Waals surface area (Å²) in [5, 5.41) is 3.33. The number of fused-ring (bicyclic) bond motifs is 1. The molecular weight excluding hydrogens is 212 g/mol. The standard InChI is InChI=1S/C14H18N2O/c1-2-10-4-3-5-12-11(10)6-9-17-13(12)14-15-7-8-16-14/h3-5,13H,2,6-9H2,1H3,(H,15,16). The van der Waals surface area contributed by atoms with Gasteiger partial charge in [0.2, 0.25) is 0 Å². The van der Waals surface area contributed by atoms with Crippen LogP contribution < -0.4 is 5.32 Å². The number of nitrogens with one attached hydrogen (secondary N) is 1. The second-order valence-corrected chi connectivity index (χ2v) is 4.53. The van der Waals surface area contributed by atoms with Gasteiger partial charge in [-0.15, -0.1) is 0 Å². The lowest BCUT2D eigenvalue weighted by atomic mass is 9.91. The normalized spacial score (nSPS) is 22.9. The molecule has 1 N–H and O–H groups in total. The molecule has 1 atom stereocenters. The van der Waals surface area contributed by atoms with Crippen LogP contribution in [0.4, 0.5) is 0 Å². The van der Waals surface area contributed by atoms with Gasteiger partial charge in [0.1, 0.15) is 11.9 Å². The van der Waals surface area contributed by atoms with Crippen molar-refractivity contribution in [1.82, 2.24) is 5.32 Å². The molecule has 0 spiro atoms. The largest absolute Gasteiger partial charge is 0.369 e. The predicted molar refractivity (Wildman–Crippen MR) is 68.5 cm³/mol. The van der Waals surface area contributed by atoms with Gasteiger partial charge in [-0.1, -0.05) is 25.1 Å². The lowest BCUT2D eigenvalue weighted by Crippen LogP contribution is -2.31. The van der Waals surface area contributed by atoms with E-state index in [-0.39, 0.29) is 6.10 Å². The van der Waals surface area contributed by atoms with Gasteiger partial charge in [-0.05, 0) is 29.5 Å². The van der Waals surface area contributed by atoms with Crippen LogP contribution >= 0.6 is 0 Å². The molecule has 0 aromatic heterocycles. The summed E-state index contributed by atoms with van der Waals surface area (Å²) in [6.07, 6.45) is 2.16. The third-order valence-electron chi connectivity index (χ3n) is 3.56. The number of rotatable bonds is 2. The lowest BCUT2D eigenvalue weighted by molar-refractivity contribution is 0.0857. The molecule has 3 rings (SSSR count). The monoisotopic (exact) mass is 230 g/mol. The highest BCUT2D eigenvalue weighted by Gasteiger charge is 2.27. The molecule has 1 aromatic rings. The number of hydrogen-bond acceptors (Lipinski definition) is 3. The van der Waals surface area contributed by atoms with Crippen LogP contribution in [0.1, 0.15) is 29.7 Å². The molecule has 0 fully saturated rings. The zero-order valence-electron chi connectivity index (χ0n) is 10.2. The molecule has 0 radical (unpaired) electrons. The number of ether oxygens (including phenoxy) is 1. The molecule has 1 aromatic carbocycles. The van der Waals surface area contributed by atoms with Gasteiger partial charge >= 0.3 is 0 Å². The van der Waals surface area contributed by atoms with Crippen LogP contribution in [0.15, 0.2) is 23.2 Å². The Labute approximate surface area is 102 Å². The van der Waals surface area contributed by atoms with Crippen LogP contribution in [-0.2, 0) is 17.6 Å². The number of aryl methyl sites for hydroxylation is 1. The minimum absolute atomic E-state index is 0.0350. The van der Waals surface area contributed by atoms with Crippen molar-refractivity contribution in [3.63, 3.8) is 0 Å². The Hall–Kier alpha value is -1.35. The van der Waals surface area contributed by atoms with Crippen LogP contribution in [0.3, 0.4) is 0 Å². The summed E-state index contributed by atoms with van der Waals surface area (Å²) in [6.45, 7) is 4.83. The molecule has 0 saturated carbocycles. The predicted octanol–water partition coefficient (Wildman–Crippen LogP) is 1.86. The number of hydrogen-bond donors (Lipinski definition) is 1. The Balaban J connectivity index is 2.01. The van der Waals surface area contributed by atoms with E-state index in [0.29, 0.717) is 0 Å². The fraction of sp³-hybridized carbons (Fsp3) is 0.500. The molecule has 2 aliphatic heterocycles. The molecule has 90 valence electrons. The van der Waals surface area contributed by atoms with Gasteiger partial charge in [-0.2, -0.15) is 0 Å². The van der Waals surface area contributed by atoms with Crippen LogP contribution in [0.25, 0.3) is 0 Å². The van der Waals surface area contributed by atoms with Gasteiger partial charge in [-0.25, -0.2) is 0 Å². The molecular formula is C14H18N2O. The smallest absolute Gasteiger partial charge is 0.140 e. The topological polar surface area (TPSA) is 33.6 Å². The zero-order valence-corrected chi connectivity index (χ0v) is 10.2. The van der Waals surface area contributed by atoms with E-state index in [4.69, 9.17) is 4.74 Å². The Morgan fingerprint density at radius 2 is 2.41 bits per heavy atom. The van der Waals surface area contributed by atoms with E-state index >= 15 is 0 Å². The van der Waals surface area contributed by atoms with E-state index in [2.05, 4.69) is 35.4 Å². The number of amidine groups is 1. The maximum absolute atomic E-state index is 5.89. The van der Waals surface area contributed by atoms with Gasteiger partial charge in [0.15, 0.2) is 0 Å². The first-order valence-electron chi connectivity index (χ1n) is 6.40. The molecule has 3 heteroatoms. The van der Waals surface area contributed by atoms with Gasteiger partial charge in [0.05, 0.1) is 13.2 Å². The molecule has 1 unspecified atom stereocenters. The van der Waals surface area contributed by atoms with Gasteiger partial charge < -0.3 is 10.1 Å². The van der Waals surface area contributed by atoms with Crippen molar-refractivity contribution < 1.29 is 4.74 Å². The number of aliphatic imine (C=N–C) groups is 1. The quantitative estimate of drug-likeness (QED) is 0.841. The highest BCUT2D eigenvalue weighted by Crippen LogP contribution is 2.30. The highest BCUT2D eigenvalue weighted by molar-refractivity contribution is 5.89. The van der Waals surface area contributed by atoms with Crippen LogP contribution in [0.5, 0.6) is 0 Å². The van der Waals surface area contributed by atoms with E-state index in [0.717, 1.165) is 38.4 Å². The van der Waals surface area contributed by atoms with E-state index < -0.39 is 0 Å². The van der Waals surface area contributed by atoms with Crippen molar-refractivity contribution in [3.8, 4) is 0 Å². The molecule has 17 heavy (non-hydrogen) atoms. The van der Waals surface area contributed by atoms with E-state index in [1.165, 1.54) is 16.7 Å². The first kappa shape index (κ1) is 10.8. The fourth-order valence-electron chi connectivity index (χ4n) is 2.72. The van der Waals surface area contributed by atoms with E-state index in [1.54, 1.807) is 0 Å². The van der Waals surface area contributed by atoms with Crippen molar-refractivity contribution in [2.24, 2.45) is 4.99 Å². The Morgan fingerprint density at radius 1 is 1.47 bits per heavy atom. The van der Waals surface area contributed by atoms with Gasteiger partial charge in [0, 0.05) is 6.54 Å². The van der Waals surface area contributed by atoms with E-state index in [9.17, 15) is 0 Å². The van der Waals surface area contributed by atoms with Crippen molar-refractivity contribution in [2.45, 2.75) is 25.9 Å². The first-order valence-corrected chi connectivity index (χ1v) is 6.40. The van der Waals surface area contributed by atoms with Crippen molar-refractivity contribution in [1.29, 1.82) is 0 Å². The zero-order chi connectivity index (χ0) is 11.7. The van der Waals surface area contributed by atoms with E-state index in [1.807, 2.05) is 0 Å². The Morgan fingerprint density at radius 3 is 3.18 bits per heavy atom. The Kier molecular flexibility index (Phi) is 2.85. The summed E-state index contributed by atoms with van der Waals surface area (Å²) in [5.74, 6) is 1.01. The average Bonchev–Trinajstić information content (AvgIpc) is 2.91. The summed E-state index contributed by atoms with van der Waals surface area (Å²) in [4.78, 5) is 4.49. The third-order valence-corrected chi connectivity index (χ3v) is 3.56. The second kappa shape index (κ2) is 4.49. The van der Waals surface area contributed by atoms with Crippen LogP contribution in [0, 0.1) is 0 Å². The minimum atomic E-state index is 0.0350. The van der Waals surface area contributed by atoms with Crippen LogP contribution in [0.2, 0.25) is 0 Å². The van der Waals surface area contributed by atoms with Gasteiger partial charge in [-0.3, -0.25) is 4.99 Å². The SMILES string of the molecule is CCc1cccc2c1CCOC2C1=NCCN1. The molecule has 3 nitrogen and oxygen atoms in total. The molecule has 0 bridgehead atoms. The first-order chi connectivity index (χ1) is 8.40. The summed E-state index contributed by atoms with van der Waals surface area (Å²) < 4.78 is 5.89. The molecule has 0 aliphatic carbocycles. The summed E-state index contributed by atoms with van der Waals surface area (Å²) in [6, 6.07) is 6.54. The number of benzene rings is 1. The minimum Gasteiger partial charge on any atom is -0.369 e. The number of nitrogens with zero attached hydrogens (tertiary/aromatic N) is 1. The average molecular weight is 230 g/mol. The summed E-state index contributed by atoms with van der Waals surface area (Å²) in [5.41, 5.74) is 4.24. The summed E-state index contributed by atoms with van der Waals surface area (Å²) >= 11 is 0. The molecule has 2 aliphatic rings. The molecule has 0 amide bonds. The lowest BCUT2D eigenvalue weighted by Gasteiger charge is -2.27. The fourth-order valence-corrected chi connectivity index (χ4v) is 2.72. The molecule has 2 heterocycles. The summed E-state index contributed by atoms with van der Waals surface area (Å²) in [7, 11) is 0. The maximum atomic E-state index is 5.89. The Bertz CT molecular complexity index is 454. The third kappa shape index (κ3) is 1.84. The highest BCUT2D eigenvalue weighted by atomic mass is 16.5.